The van der Waals surface area contributed by atoms with Crippen LogP contribution in [0.4, 0.5) is 0 Å². The van der Waals surface area contributed by atoms with Gasteiger partial charge in [0.25, 0.3) is 0 Å². The van der Waals surface area contributed by atoms with Crippen molar-refractivity contribution in [1.29, 1.82) is 0 Å². The Balaban J connectivity index is 2.65. The van der Waals surface area contributed by atoms with E-state index in [-0.39, 0.29) is 0 Å². The van der Waals surface area contributed by atoms with Gasteiger partial charge in [-0.2, -0.15) is 0 Å². The van der Waals surface area contributed by atoms with Crippen LogP contribution < -0.4 is 10.6 Å². The van der Waals surface area contributed by atoms with Gasteiger partial charge < -0.3 is 0 Å². The predicted molar refractivity (Wildman–Crippen MR) is 98.1 cm³/mol. The van der Waals surface area contributed by atoms with Gasteiger partial charge in [0, 0.05) is 0 Å². The minimum atomic E-state index is -1.59. The van der Waals surface area contributed by atoms with Crippen LogP contribution in [0.5, 0.6) is 0 Å². The van der Waals surface area contributed by atoms with E-state index in [9.17, 15) is 0 Å². The van der Waals surface area contributed by atoms with Crippen molar-refractivity contribution in [2.45, 2.75) is 6.92 Å². The monoisotopic (exact) mass is 293 g/mol. The van der Waals surface area contributed by atoms with E-state index in [0.29, 0.717) is 0 Å². The van der Waals surface area contributed by atoms with Crippen LogP contribution in [-0.2, 0) is 0 Å². The Morgan fingerprint density at radius 2 is 1.38 bits per heavy atom. The van der Waals surface area contributed by atoms with Gasteiger partial charge in [0.2, 0.25) is 0 Å². The van der Waals surface area contributed by atoms with E-state index in [1.54, 1.807) is 0 Å². The fraction of sp³-hybridized carbons (Fsp3) is 0.100. The highest BCUT2D eigenvalue weighted by Crippen LogP contribution is 2.60. The molecule has 0 saturated carbocycles. The lowest BCUT2D eigenvalue weighted by Gasteiger charge is -2.23. The summed E-state index contributed by atoms with van der Waals surface area (Å²) in [4.78, 5) is 0. The third kappa shape index (κ3) is 3.23. The molecule has 0 nitrogen and oxygen atoms in total. The summed E-state index contributed by atoms with van der Waals surface area (Å²) in [5, 5.41) is 4.18. The van der Waals surface area contributed by atoms with Crippen molar-refractivity contribution in [2.24, 2.45) is 0 Å². The predicted octanol–water partition coefficient (Wildman–Crippen LogP) is 4.93. The van der Waals surface area contributed by atoms with E-state index >= 15 is 0 Å². The summed E-state index contributed by atoms with van der Waals surface area (Å²) < 4.78 is 0. The molecule has 0 spiro atoms. The van der Waals surface area contributed by atoms with E-state index in [4.69, 9.17) is 0 Å². The lowest BCUT2D eigenvalue weighted by Crippen LogP contribution is -2.22. The second-order valence-electron chi connectivity index (χ2n) is 4.99. The fourth-order valence-corrected chi connectivity index (χ4v) is 5.90. The summed E-state index contributed by atoms with van der Waals surface area (Å²) in [6.45, 7) is 8.30. The first-order chi connectivity index (χ1) is 10.2. The van der Waals surface area contributed by atoms with Crippen LogP contribution in [0.15, 0.2) is 96.9 Å². The molecule has 0 fully saturated rings. The smallest absolute Gasteiger partial charge is 0.0991 e. The summed E-state index contributed by atoms with van der Waals surface area (Å²) in [6, 6.07) is 21.6. The van der Waals surface area contributed by atoms with Crippen molar-refractivity contribution in [3.05, 3.63) is 96.9 Å². The molecule has 0 N–H and O–H groups in total. The van der Waals surface area contributed by atoms with Crippen molar-refractivity contribution in [3.8, 4) is 0 Å². The molecule has 106 valence electrons. The highest BCUT2D eigenvalue weighted by Gasteiger charge is 2.40. The molecule has 0 amide bonds. The molecule has 1 heteroatoms. The van der Waals surface area contributed by atoms with Gasteiger partial charge in [0.15, 0.2) is 0 Å². The molecular weight excluding hydrogens is 271 g/mol. The molecule has 21 heavy (non-hydrogen) atoms. The Hall–Kier alpha value is -1.91. The van der Waals surface area contributed by atoms with Gasteiger partial charge in [-0.3, -0.25) is 0 Å². The SMILES string of the molecule is C=C/C=C\C(=C/C)[P+](C)(c1ccccc1)c1ccccc1. The molecule has 2 aromatic rings. The maximum Gasteiger partial charge on any atom is 0.108 e. The zero-order valence-electron chi connectivity index (χ0n) is 12.7. The number of rotatable bonds is 5. The zero-order valence-corrected chi connectivity index (χ0v) is 13.6. The van der Waals surface area contributed by atoms with Crippen LogP contribution in [0.25, 0.3) is 0 Å². The van der Waals surface area contributed by atoms with Crippen LogP contribution in [0.2, 0.25) is 0 Å². The standard InChI is InChI=1S/C20H22P/c1-4-6-13-18(5-2)21(3,19-14-9-7-10-15-19)20-16-11-8-12-17-20/h4-17H,1H2,2-3H3/q+1/b13-6-,18-5+. The van der Waals surface area contributed by atoms with Crippen molar-refractivity contribution in [3.63, 3.8) is 0 Å². The Bertz CT molecular complexity index is 597. The molecule has 0 aromatic heterocycles. The maximum atomic E-state index is 3.79. The first-order valence-electron chi connectivity index (χ1n) is 7.17. The normalized spacial score (nSPS) is 12.6. The van der Waals surface area contributed by atoms with Crippen molar-refractivity contribution >= 4 is 17.9 Å². The molecule has 0 heterocycles. The molecule has 0 radical (unpaired) electrons. The van der Waals surface area contributed by atoms with Crippen LogP contribution in [0.3, 0.4) is 0 Å². The van der Waals surface area contributed by atoms with E-state index in [1.807, 2.05) is 12.2 Å². The molecular formula is C20H22P+. The van der Waals surface area contributed by atoms with Gasteiger partial charge in [-0.05, 0) is 43.3 Å². The maximum absolute atomic E-state index is 3.79. The quantitative estimate of drug-likeness (QED) is 0.541. The molecule has 2 rings (SSSR count). The molecule has 0 aliphatic carbocycles. The van der Waals surface area contributed by atoms with E-state index in [1.165, 1.54) is 15.9 Å². The molecule has 0 aliphatic rings. The third-order valence-electron chi connectivity index (χ3n) is 3.76. The molecule has 0 saturated heterocycles. The summed E-state index contributed by atoms with van der Waals surface area (Å²) in [7, 11) is -1.59. The number of hydrogen-bond donors (Lipinski definition) is 0. The summed E-state index contributed by atoms with van der Waals surface area (Å²) in [6.07, 6.45) is 8.29. The molecule has 0 unspecified atom stereocenters. The zero-order chi connectivity index (χ0) is 15.1. The van der Waals surface area contributed by atoms with Gasteiger partial charge in [0.05, 0.1) is 12.0 Å². The summed E-state index contributed by atoms with van der Waals surface area (Å²) in [5.41, 5.74) is 0. The topological polar surface area (TPSA) is 0 Å². The Morgan fingerprint density at radius 1 is 0.905 bits per heavy atom. The Morgan fingerprint density at radius 3 is 1.76 bits per heavy atom. The van der Waals surface area contributed by atoms with Gasteiger partial charge in [0.1, 0.15) is 17.9 Å². The average Bonchev–Trinajstić information content (AvgIpc) is 2.57. The van der Waals surface area contributed by atoms with Crippen molar-refractivity contribution in [2.75, 3.05) is 6.66 Å². The van der Waals surface area contributed by atoms with E-state index < -0.39 is 7.26 Å². The summed E-state index contributed by atoms with van der Waals surface area (Å²) >= 11 is 0. The van der Waals surface area contributed by atoms with Crippen LogP contribution in [0, 0.1) is 0 Å². The van der Waals surface area contributed by atoms with Gasteiger partial charge in [-0.15, -0.1) is 0 Å². The van der Waals surface area contributed by atoms with Gasteiger partial charge >= 0.3 is 0 Å². The fourth-order valence-electron chi connectivity index (χ4n) is 2.57. The van der Waals surface area contributed by atoms with E-state index in [2.05, 4.69) is 93.0 Å². The second kappa shape index (κ2) is 7.20. The largest absolute Gasteiger partial charge is 0.108 e. The van der Waals surface area contributed by atoms with Crippen molar-refractivity contribution in [1.82, 2.24) is 0 Å². The number of hydrogen-bond acceptors (Lipinski definition) is 0. The summed E-state index contributed by atoms with van der Waals surface area (Å²) in [5.74, 6) is 0. The number of benzene rings is 2. The Kier molecular flexibility index (Phi) is 5.31. The number of allylic oxidation sites excluding steroid dienone is 5. The first kappa shape index (κ1) is 15.5. The minimum Gasteiger partial charge on any atom is -0.0991 e. The van der Waals surface area contributed by atoms with Crippen LogP contribution in [0.1, 0.15) is 6.92 Å². The lowest BCUT2D eigenvalue weighted by molar-refractivity contribution is 1.66. The minimum absolute atomic E-state index is 1.37. The molecule has 0 atom stereocenters. The van der Waals surface area contributed by atoms with Crippen LogP contribution >= 0.6 is 7.26 Å². The molecule has 0 bridgehead atoms. The average molecular weight is 293 g/mol. The second-order valence-corrected chi connectivity index (χ2v) is 8.55. The Labute approximate surface area is 128 Å². The molecule has 2 aromatic carbocycles. The van der Waals surface area contributed by atoms with Crippen molar-refractivity contribution < 1.29 is 0 Å². The highest BCUT2D eigenvalue weighted by molar-refractivity contribution is 7.92. The highest BCUT2D eigenvalue weighted by atomic mass is 31.2. The molecule has 0 aliphatic heterocycles. The van der Waals surface area contributed by atoms with Gasteiger partial charge in [-0.25, -0.2) is 0 Å². The van der Waals surface area contributed by atoms with Crippen LogP contribution in [-0.4, -0.2) is 6.66 Å². The van der Waals surface area contributed by atoms with E-state index in [0.717, 1.165) is 0 Å². The third-order valence-corrected chi connectivity index (χ3v) is 7.86. The lowest BCUT2D eigenvalue weighted by atomic mass is 10.4. The first-order valence-corrected chi connectivity index (χ1v) is 9.41. The van der Waals surface area contributed by atoms with Gasteiger partial charge in [-0.1, -0.05) is 55.1 Å².